The Morgan fingerprint density at radius 2 is 0.762 bits per heavy atom. The van der Waals surface area contributed by atoms with Crippen molar-refractivity contribution in [1.29, 1.82) is 0 Å². The summed E-state index contributed by atoms with van der Waals surface area (Å²) in [6, 6.07) is 0.568. The van der Waals surface area contributed by atoms with E-state index in [4.69, 9.17) is 0 Å². The van der Waals surface area contributed by atoms with Crippen molar-refractivity contribution in [3.05, 3.63) is 18.2 Å². The molecule has 0 spiro atoms. The number of imidazole rings is 1. The normalized spacial score (nSPS) is 11.7. The Hall–Kier alpha value is -0.790. The Morgan fingerprint density at radius 3 is 1.10 bits per heavy atom. The average molecular weight is 588 g/mol. The largest absolute Gasteiger partial charge is 0.256 e. The minimum atomic E-state index is 0.568. The predicted octanol–water partition coefficient (Wildman–Crippen LogP) is 13.6. The third kappa shape index (κ3) is 22.7. The molecule has 0 unspecified atom stereocenters. The van der Waals surface area contributed by atoms with Crippen LogP contribution in [0.3, 0.4) is 0 Å². The molecule has 0 aromatic carbocycles. The van der Waals surface area contributed by atoms with Crippen molar-refractivity contribution >= 4 is 0 Å². The van der Waals surface area contributed by atoms with Crippen LogP contribution in [0, 0.1) is 0 Å². The van der Waals surface area contributed by atoms with Crippen molar-refractivity contribution in [2.45, 2.75) is 239 Å². The molecular formula is C40H79N2+. The number of unbranched alkanes of at least 4 members (excludes halogenated alkanes) is 28. The van der Waals surface area contributed by atoms with E-state index in [0.29, 0.717) is 6.04 Å². The molecule has 248 valence electrons. The summed E-state index contributed by atoms with van der Waals surface area (Å²) >= 11 is 0. The van der Waals surface area contributed by atoms with Crippen molar-refractivity contribution in [3.8, 4) is 0 Å². The highest BCUT2D eigenvalue weighted by Crippen LogP contribution is 2.16. The molecule has 2 heteroatoms. The maximum atomic E-state index is 2.59. The van der Waals surface area contributed by atoms with E-state index in [1.807, 2.05) is 0 Å². The lowest BCUT2D eigenvalue weighted by molar-refractivity contribution is -0.704. The Bertz CT molecular complexity index is 661. The maximum Gasteiger partial charge on any atom is 0.256 e. The Kier molecular flexibility index (Phi) is 28.3. The number of aromatic nitrogens is 2. The van der Waals surface area contributed by atoms with Gasteiger partial charge in [-0.05, 0) is 33.1 Å². The first-order valence-corrected chi connectivity index (χ1v) is 19.8. The molecule has 0 atom stereocenters. The Morgan fingerprint density at radius 1 is 0.452 bits per heavy atom. The molecule has 42 heavy (non-hydrogen) atoms. The number of hydrogen-bond acceptors (Lipinski definition) is 0. The fraction of sp³-hybridized carbons (Fsp3) is 0.925. The van der Waals surface area contributed by atoms with Crippen molar-refractivity contribution < 1.29 is 4.57 Å². The van der Waals surface area contributed by atoms with Crippen LogP contribution in [-0.4, -0.2) is 4.57 Å². The minimum absolute atomic E-state index is 0.568. The average Bonchev–Trinajstić information content (AvgIpc) is 3.40. The lowest BCUT2D eigenvalue weighted by atomic mass is 10.0. The van der Waals surface area contributed by atoms with E-state index < -0.39 is 0 Å². The second kappa shape index (κ2) is 30.2. The fourth-order valence-corrected chi connectivity index (χ4v) is 6.73. The summed E-state index contributed by atoms with van der Waals surface area (Å²) in [5.74, 6) is 1.57. The van der Waals surface area contributed by atoms with Gasteiger partial charge in [-0.3, -0.25) is 0 Å². The first kappa shape index (κ1) is 39.2. The lowest BCUT2D eigenvalue weighted by Crippen LogP contribution is -2.37. The smallest absolute Gasteiger partial charge is 0.234 e. The van der Waals surface area contributed by atoms with Gasteiger partial charge in [0.05, 0.1) is 12.6 Å². The number of nitrogens with zero attached hydrogens (tertiary/aromatic N) is 2. The summed E-state index contributed by atoms with van der Waals surface area (Å²) in [6.45, 7) is 10.5. The molecule has 0 aliphatic rings. The molecule has 0 bridgehead atoms. The van der Waals surface area contributed by atoms with Crippen LogP contribution in [0.15, 0.2) is 12.4 Å². The summed E-state index contributed by atoms with van der Waals surface area (Å²) in [4.78, 5) is 0. The molecule has 1 rings (SSSR count). The zero-order chi connectivity index (χ0) is 30.4. The van der Waals surface area contributed by atoms with Gasteiger partial charge >= 0.3 is 0 Å². The van der Waals surface area contributed by atoms with Gasteiger partial charge in [-0.25, -0.2) is 9.13 Å². The van der Waals surface area contributed by atoms with Crippen molar-refractivity contribution in [2.75, 3.05) is 0 Å². The van der Waals surface area contributed by atoms with E-state index in [9.17, 15) is 0 Å². The van der Waals surface area contributed by atoms with E-state index in [0.717, 1.165) is 0 Å². The van der Waals surface area contributed by atoms with Crippen LogP contribution >= 0.6 is 0 Å². The molecule has 0 saturated heterocycles. The number of rotatable bonds is 33. The molecule has 1 heterocycles. The Balaban J connectivity index is 2.03. The molecule has 0 amide bonds. The molecule has 0 saturated carbocycles. The van der Waals surface area contributed by atoms with Crippen LogP contribution in [0.4, 0.5) is 0 Å². The molecule has 0 aliphatic heterocycles. The van der Waals surface area contributed by atoms with Crippen LogP contribution in [0.5, 0.6) is 0 Å². The van der Waals surface area contributed by atoms with Gasteiger partial charge < -0.3 is 0 Å². The van der Waals surface area contributed by atoms with E-state index in [1.54, 1.807) is 5.82 Å². The Labute approximate surface area is 266 Å². The molecule has 0 fully saturated rings. The van der Waals surface area contributed by atoms with Crippen LogP contribution in [0.25, 0.3) is 0 Å². The van der Waals surface area contributed by atoms with Crippen LogP contribution in [0.2, 0.25) is 0 Å². The summed E-state index contributed by atoms with van der Waals surface area (Å²) in [6.07, 6.45) is 49.2. The monoisotopic (exact) mass is 588 g/mol. The van der Waals surface area contributed by atoms with Gasteiger partial charge in [0.25, 0.3) is 5.82 Å². The van der Waals surface area contributed by atoms with Crippen LogP contribution in [0.1, 0.15) is 232 Å². The topological polar surface area (TPSA) is 8.81 Å². The second-order valence-electron chi connectivity index (χ2n) is 14.1. The van der Waals surface area contributed by atoms with Gasteiger partial charge in [-0.2, -0.15) is 0 Å². The first-order chi connectivity index (χ1) is 20.7. The summed E-state index contributed by atoms with van der Waals surface area (Å²) in [5.41, 5.74) is 0. The standard InChI is InChI=1S/C40H79N2/c1-5-7-9-11-13-15-17-19-21-23-25-27-29-31-33-35-40-41(37-38-42(40)39(3)4)36-34-32-30-28-26-24-22-20-18-16-14-12-10-8-6-2/h37-39H,5-36H2,1-4H3/q+1. The van der Waals surface area contributed by atoms with Crippen LogP contribution < -0.4 is 4.57 Å². The van der Waals surface area contributed by atoms with Crippen molar-refractivity contribution in [3.63, 3.8) is 0 Å². The quantitative estimate of drug-likeness (QED) is 0.0571. The third-order valence-electron chi connectivity index (χ3n) is 9.60. The van der Waals surface area contributed by atoms with Crippen LogP contribution in [-0.2, 0) is 13.0 Å². The second-order valence-corrected chi connectivity index (χ2v) is 14.1. The highest BCUT2D eigenvalue weighted by atomic mass is 15.2. The number of aryl methyl sites for hydroxylation is 1. The fourth-order valence-electron chi connectivity index (χ4n) is 6.73. The van der Waals surface area contributed by atoms with E-state index in [2.05, 4.69) is 49.2 Å². The maximum absolute atomic E-state index is 2.59. The van der Waals surface area contributed by atoms with E-state index in [1.165, 1.54) is 206 Å². The summed E-state index contributed by atoms with van der Waals surface area (Å²) in [5, 5.41) is 0. The third-order valence-corrected chi connectivity index (χ3v) is 9.60. The zero-order valence-electron chi connectivity index (χ0n) is 29.8. The first-order valence-electron chi connectivity index (χ1n) is 19.8. The van der Waals surface area contributed by atoms with E-state index >= 15 is 0 Å². The summed E-state index contributed by atoms with van der Waals surface area (Å²) in [7, 11) is 0. The summed E-state index contributed by atoms with van der Waals surface area (Å²) < 4.78 is 5.13. The lowest BCUT2D eigenvalue weighted by Gasteiger charge is -2.08. The highest BCUT2D eigenvalue weighted by molar-refractivity contribution is 4.86. The molecule has 1 aromatic rings. The van der Waals surface area contributed by atoms with Gasteiger partial charge in [-0.15, -0.1) is 0 Å². The molecule has 0 aliphatic carbocycles. The molecule has 1 aromatic heterocycles. The van der Waals surface area contributed by atoms with Crippen molar-refractivity contribution in [2.24, 2.45) is 0 Å². The molecule has 0 N–H and O–H groups in total. The number of hydrogen-bond donors (Lipinski definition) is 0. The molecule has 0 radical (unpaired) electrons. The van der Waals surface area contributed by atoms with Gasteiger partial charge in [0.15, 0.2) is 0 Å². The van der Waals surface area contributed by atoms with Gasteiger partial charge in [-0.1, -0.05) is 187 Å². The van der Waals surface area contributed by atoms with Gasteiger partial charge in [0, 0.05) is 6.42 Å². The molecule has 2 nitrogen and oxygen atoms in total. The minimum Gasteiger partial charge on any atom is -0.234 e. The van der Waals surface area contributed by atoms with E-state index in [-0.39, 0.29) is 0 Å². The highest BCUT2D eigenvalue weighted by Gasteiger charge is 2.18. The van der Waals surface area contributed by atoms with Gasteiger partial charge in [0.1, 0.15) is 12.4 Å². The zero-order valence-corrected chi connectivity index (χ0v) is 29.8. The van der Waals surface area contributed by atoms with Crippen molar-refractivity contribution in [1.82, 2.24) is 4.57 Å². The predicted molar refractivity (Wildman–Crippen MR) is 189 cm³/mol. The molecular weight excluding hydrogens is 508 g/mol. The van der Waals surface area contributed by atoms with Gasteiger partial charge in [0.2, 0.25) is 0 Å². The SMILES string of the molecule is CCCCCCCCCCCCCCCCCc1n(C(C)C)cc[n+]1CCCCCCCCCCCCCCCCC.